The molecule has 26 heavy (non-hydrogen) atoms. The van der Waals surface area contributed by atoms with E-state index in [2.05, 4.69) is 23.3 Å². The average Bonchev–Trinajstić information content (AvgIpc) is 2.59. The fourth-order valence-electron chi connectivity index (χ4n) is 1.66. The molecule has 0 rings (SSSR count). The molecule has 0 bridgehead atoms. The number of nitrogens with one attached hydrogen (secondary N) is 3. The van der Waals surface area contributed by atoms with Gasteiger partial charge in [0.25, 0.3) is 0 Å². The zero-order valence-corrected chi connectivity index (χ0v) is 14.8. The van der Waals surface area contributed by atoms with Gasteiger partial charge in [-0.1, -0.05) is 0 Å². The highest BCUT2D eigenvalue weighted by atomic mass is 32.1. The van der Waals surface area contributed by atoms with Crippen LogP contribution in [0, 0.1) is 0 Å². The number of rotatable bonds is 11. The summed E-state index contributed by atoms with van der Waals surface area (Å²) in [5.74, 6) is -4.38. The molecule has 13 heteroatoms. The topological polar surface area (TPSA) is 211 Å². The summed E-state index contributed by atoms with van der Waals surface area (Å²) in [6.45, 7) is -0.569. The van der Waals surface area contributed by atoms with E-state index in [4.69, 9.17) is 15.9 Å². The van der Waals surface area contributed by atoms with Crippen molar-refractivity contribution < 1.29 is 39.6 Å². The Balaban J connectivity index is 5.06. The van der Waals surface area contributed by atoms with Crippen LogP contribution < -0.4 is 21.7 Å². The lowest BCUT2D eigenvalue weighted by molar-refractivity contribution is -0.144. The number of nitrogens with two attached hydrogens (primary N) is 1. The second-order valence-electron chi connectivity index (χ2n) is 5.34. The average molecular weight is 396 g/mol. The van der Waals surface area contributed by atoms with Crippen molar-refractivity contribution in [3.63, 3.8) is 0 Å². The molecular weight excluding hydrogens is 372 g/mol. The maximum absolute atomic E-state index is 12.1. The van der Waals surface area contributed by atoms with Gasteiger partial charge < -0.3 is 42.1 Å². The number of carbonyl (C=O) groups excluding carboxylic acids is 3. The van der Waals surface area contributed by atoms with Crippen LogP contribution in [0.4, 0.5) is 0 Å². The Morgan fingerprint density at radius 3 is 1.85 bits per heavy atom. The van der Waals surface area contributed by atoms with Crippen molar-refractivity contribution >= 4 is 36.3 Å². The van der Waals surface area contributed by atoms with E-state index in [-0.39, 0.29) is 5.75 Å². The minimum Gasteiger partial charge on any atom is -0.480 e. The molecular formula is C13H24N4O8S. The Morgan fingerprint density at radius 1 is 0.962 bits per heavy atom. The van der Waals surface area contributed by atoms with Crippen LogP contribution in [-0.4, -0.2) is 93.4 Å². The number of carboxylic acid groups (broad SMARTS) is 1. The standard InChI is InChI=1S/C13H24N4O8S/c1-5(20)9(12(23)16-8(3-19)13(24)25)17-11(22)7(2-18)15-10(21)6(14)4-26/h5-9,18-20,26H,2-4,14H2,1H3,(H,15,21)(H,16,23)(H,17,22)(H,24,25). The highest BCUT2D eigenvalue weighted by molar-refractivity contribution is 7.80. The van der Waals surface area contributed by atoms with Crippen LogP contribution in [-0.2, 0) is 19.2 Å². The number of hydrogen-bond donors (Lipinski definition) is 9. The van der Waals surface area contributed by atoms with E-state index >= 15 is 0 Å². The van der Waals surface area contributed by atoms with E-state index in [0.29, 0.717) is 0 Å². The maximum atomic E-state index is 12.1. The number of carbonyl (C=O) groups is 4. The van der Waals surface area contributed by atoms with Gasteiger partial charge in [-0.2, -0.15) is 12.6 Å². The number of aliphatic carboxylic acids is 1. The van der Waals surface area contributed by atoms with Gasteiger partial charge in [0.15, 0.2) is 0 Å². The molecule has 0 radical (unpaired) electrons. The van der Waals surface area contributed by atoms with E-state index in [1.807, 2.05) is 5.32 Å². The molecule has 0 aliphatic carbocycles. The largest absolute Gasteiger partial charge is 0.480 e. The summed E-state index contributed by atoms with van der Waals surface area (Å²) in [6, 6.07) is -5.73. The zero-order valence-electron chi connectivity index (χ0n) is 14.0. The molecule has 0 aliphatic heterocycles. The molecule has 5 unspecified atom stereocenters. The lowest BCUT2D eigenvalue weighted by Crippen LogP contribution is -2.61. The molecule has 0 aromatic heterocycles. The monoisotopic (exact) mass is 396 g/mol. The Labute approximate surface area is 154 Å². The highest BCUT2D eigenvalue weighted by Gasteiger charge is 2.32. The van der Waals surface area contributed by atoms with Gasteiger partial charge in [0.05, 0.1) is 25.4 Å². The Kier molecular flexibility index (Phi) is 10.8. The molecule has 150 valence electrons. The fraction of sp³-hybridized carbons (Fsp3) is 0.692. The van der Waals surface area contributed by atoms with Crippen LogP contribution in [0.1, 0.15) is 6.92 Å². The summed E-state index contributed by atoms with van der Waals surface area (Å²) in [5.41, 5.74) is 5.43. The van der Waals surface area contributed by atoms with Crippen LogP contribution in [0.2, 0.25) is 0 Å². The fourth-order valence-corrected chi connectivity index (χ4v) is 1.83. The van der Waals surface area contributed by atoms with Crippen LogP contribution in [0.5, 0.6) is 0 Å². The first-order valence-electron chi connectivity index (χ1n) is 7.49. The number of hydrogen-bond acceptors (Lipinski definition) is 9. The lowest BCUT2D eigenvalue weighted by Gasteiger charge is -2.25. The van der Waals surface area contributed by atoms with Crippen molar-refractivity contribution in [1.29, 1.82) is 0 Å². The first-order chi connectivity index (χ1) is 12.1. The second kappa shape index (κ2) is 11.6. The summed E-state index contributed by atoms with van der Waals surface area (Å²) >= 11 is 3.82. The summed E-state index contributed by atoms with van der Waals surface area (Å²) < 4.78 is 0. The van der Waals surface area contributed by atoms with Gasteiger partial charge in [-0.25, -0.2) is 4.79 Å². The third-order valence-corrected chi connectivity index (χ3v) is 3.60. The van der Waals surface area contributed by atoms with Crippen molar-refractivity contribution in [2.45, 2.75) is 37.2 Å². The summed E-state index contributed by atoms with van der Waals surface area (Å²) in [6.07, 6.45) is -1.44. The summed E-state index contributed by atoms with van der Waals surface area (Å²) in [5, 5.41) is 42.8. The first kappa shape index (κ1) is 24.1. The zero-order chi connectivity index (χ0) is 20.4. The molecule has 0 fully saturated rings. The van der Waals surface area contributed by atoms with E-state index in [1.165, 1.54) is 0 Å². The molecule has 0 heterocycles. The summed E-state index contributed by atoms with van der Waals surface area (Å²) in [7, 11) is 0. The lowest BCUT2D eigenvalue weighted by atomic mass is 10.1. The number of amides is 3. The Bertz CT molecular complexity index is 518. The van der Waals surface area contributed by atoms with E-state index in [9.17, 15) is 29.4 Å². The van der Waals surface area contributed by atoms with Gasteiger partial charge in [0, 0.05) is 5.75 Å². The van der Waals surface area contributed by atoms with Gasteiger partial charge in [0.2, 0.25) is 17.7 Å². The summed E-state index contributed by atoms with van der Waals surface area (Å²) in [4.78, 5) is 46.7. The molecule has 0 aromatic carbocycles. The third kappa shape index (κ3) is 7.53. The highest BCUT2D eigenvalue weighted by Crippen LogP contribution is 1.98. The molecule has 12 nitrogen and oxygen atoms in total. The van der Waals surface area contributed by atoms with Gasteiger partial charge in [-0.05, 0) is 6.92 Å². The molecule has 0 saturated heterocycles. The normalized spacial score (nSPS) is 16.5. The van der Waals surface area contributed by atoms with Crippen molar-refractivity contribution in [2.75, 3.05) is 19.0 Å². The molecule has 5 atom stereocenters. The van der Waals surface area contributed by atoms with Crippen LogP contribution in [0.15, 0.2) is 0 Å². The molecule has 0 aromatic rings. The van der Waals surface area contributed by atoms with Crippen LogP contribution in [0.25, 0.3) is 0 Å². The van der Waals surface area contributed by atoms with E-state index < -0.39 is 67.2 Å². The predicted molar refractivity (Wildman–Crippen MR) is 91.1 cm³/mol. The number of carboxylic acids is 1. The van der Waals surface area contributed by atoms with Gasteiger partial charge >= 0.3 is 5.97 Å². The van der Waals surface area contributed by atoms with Crippen molar-refractivity contribution in [3.05, 3.63) is 0 Å². The predicted octanol–water partition coefficient (Wildman–Crippen LogP) is -4.85. The van der Waals surface area contributed by atoms with Crippen molar-refractivity contribution in [2.24, 2.45) is 5.73 Å². The van der Waals surface area contributed by atoms with Crippen LogP contribution in [0.3, 0.4) is 0 Å². The SMILES string of the molecule is CC(O)C(NC(=O)C(CO)NC(=O)C(N)CS)C(=O)NC(CO)C(=O)O. The number of aliphatic hydroxyl groups excluding tert-OH is 3. The number of aliphatic hydroxyl groups is 3. The van der Waals surface area contributed by atoms with Gasteiger partial charge in [0.1, 0.15) is 18.1 Å². The van der Waals surface area contributed by atoms with Gasteiger partial charge in [-0.3, -0.25) is 14.4 Å². The Morgan fingerprint density at radius 2 is 1.46 bits per heavy atom. The van der Waals surface area contributed by atoms with Crippen molar-refractivity contribution in [3.8, 4) is 0 Å². The smallest absolute Gasteiger partial charge is 0.328 e. The van der Waals surface area contributed by atoms with E-state index in [1.54, 1.807) is 0 Å². The van der Waals surface area contributed by atoms with Crippen molar-refractivity contribution in [1.82, 2.24) is 16.0 Å². The van der Waals surface area contributed by atoms with E-state index in [0.717, 1.165) is 6.92 Å². The minimum atomic E-state index is -1.64. The third-order valence-electron chi connectivity index (χ3n) is 3.21. The number of thiol groups is 1. The minimum absolute atomic E-state index is 0.0119. The van der Waals surface area contributed by atoms with Gasteiger partial charge in [-0.15, -0.1) is 0 Å². The molecule has 0 aliphatic rings. The quantitative estimate of drug-likeness (QED) is 0.153. The maximum Gasteiger partial charge on any atom is 0.328 e. The first-order valence-corrected chi connectivity index (χ1v) is 8.12. The molecule has 0 spiro atoms. The molecule has 0 saturated carbocycles. The van der Waals surface area contributed by atoms with Crippen LogP contribution >= 0.6 is 12.6 Å². The Hall–Kier alpha value is -1.93. The molecule has 3 amide bonds. The molecule has 9 N–H and O–H groups in total. The second-order valence-corrected chi connectivity index (χ2v) is 5.71.